The molecule has 102 valence electrons. The van der Waals surface area contributed by atoms with Crippen LogP contribution in [0.25, 0.3) is 0 Å². The lowest BCUT2D eigenvalue weighted by molar-refractivity contribution is -0.0504. The van der Waals surface area contributed by atoms with Gasteiger partial charge in [-0.1, -0.05) is 27.7 Å². The van der Waals surface area contributed by atoms with Crippen LogP contribution in [0, 0.1) is 5.41 Å². The van der Waals surface area contributed by atoms with Crippen LogP contribution in [0.5, 0.6) is 0 Å². The van der Waals surface area contributed by atoms with E-state index in [1.165, 1.54) is 0 Å². The summed E-state index contributed by atoms with van der Waals surface area (Å²) in [5.41, 5.74) is 0.298. The fourth-order valence-corrected chi connectivity index (χ4v) is 1.88. The van der Waals surface area contributed by atoms with E-state index in [1.54, 1.807) is 0 Å². The Labute approximate surface area is 106 Å². The van der Waals surface area contributed by atoms with Crippen LogP contribution < -0.4 is 5.32 Å². The van der Waals surface area contributed by atoms with Crippen molar-refractivity contribution in [3.05, 3.63) is 0 Å². The van der Waals surface area contributed by atoms with E-state index in [4.69, 9.17) is 9.47 Å². The van der Waals surface area contributed by atoms with Crippen LogP contribution in [-0.4, -0.2) is 38.5 Å². The van der Waals surface area contributed by atoms with Crippen LogP contribution in [0.15, 0.2) is 0 Å². The molecule has 0 heterocycles. The number of rotatable bonds is 9. The highest BCUT2D eigenvalue weighted by atomic mass is 16.5. The molecule has 1 fully saturated rings. The molecular formula is C14H29NO2. The van der Waals surface area contributed by atoms with Gasteiger partial charge in [0, 0.05) is 6.04 Å². The Morgan fingerprint density at radius 2 is 1.88 bits per heavy atom. The molecule has 0 radical (unpaired) electrons. The Morgan fingerprint density at radius 3 is 2.47 bits per heavy atom. The number of hydrogen-bond acceptors (Lipinski definition) is 3. The molecule has 17 heavy (non-hydrogen) atoms. The molecule has 0 amide bonds. The summed E-state index contributed by atoms with van der Waals surface area (Å²) < 4.78 is 11.4. The van der Waals surface area contributed by atoms with E-state index in [0.29, 0.717) is 17.6 Å². The first-order chi connectivity index (χ1) is 8.07. The van der Waals surface area contributed by atoms with Crippen molar-refractivity contribution in [3.63, 3.8) is 0 Å². The van der Waals surface area contributed by atoms with Gasteiger partial charge < -0.3 is 14.8 Å². The zero-order valence-electron chi connectivity index (χ0n) is 11.9. The molecule has 0 aliphatic heterocycles. The zero-order chi connectivity index (χ0) is 12.7. The van der Waals surface area contributed by atoms with Crippen LogP contribution in [0.3, 0.4) is 0 Å². The Bertz CT molecular complexity index is 200. The Kier molecular flexibility index (Phi) is 6.45. The van der Waals surface area contributed by atoms with Crippen LogP contribution >= 0.6 is 0 Å². The van der Waals surface area contributed by atoms with Gasteiger partial charge >= 0.3 is 0 Å². The van der Waals surface area contributed by atoms with Gasteiger partial charge in [0.05, 0.1) is 25.9 Å². The molecule has 1 aliphatic rings. The molecule has 0 aromatic heterocycles. The number of hydrogen-bond donors (Lipinski definition) is 1. The zero-order valence-corrected chi connectivity index (χ0v) is 11.9. The maximum Gasteiger partial charge on any atom is 0.0704 e. The lowest BCUT2D eigenvalue weighted by Gasteiger charge is -2.35. The molecule has 1 saturated carbocycles. The van der Waals surface area contributed by atoms with Gasteiger partial charge in [-0.3, -0.25) is 0 Å². The highest BCUT2D eigenvalue weighted by molar-refractivity contribution is 4.85. The second kappa shape index (κ2) is 7.34. The molecule has 0 aromatic carbocycles. The van der Waals surface area contributed by atoms with Crippen LogP contribution in [0.1, 0.15) is 47.0 Å². The van der Waals surface area contributed by atoms with E-state index < -0.39 is 0 Å². The van der Waals surface area contributed by atoms with Crippen LogP contribution in [0.4, 0.5) is 0 Å². The average Bonchev–Trinajstić information content (AvgIpc) is 2.24. The maximum absolute atomic E-state index is 5.74. The third-order valence-corrected chi connectivity index (χ3v) is 3.62. The van der Waals surface area contributed by atoms with Crippen LogP contribution in [0.2, 0.25) is 0 Å². The molecule has 1 N–H and O–H groups in total. The first-order valence-corrected chi connectivity index (χ1v) is 7.00. The molecular weight excluding hydrogens is 214 g/mol. The van der Waals surface area contributed by atoms with Gasteiger partial charge in [0.15, 0.2) is 0 Å². The molecule has 0 bridgehead atoms. The Hall–Kier alpha value is -0.120. The van der Waals surface area contributed by atoms with Crippen molar-refractivity contribution in [1.82, 2.24) is 5.32 Å². The lowest BCUT2D eigenvalue weighted by Crippen LogP contribution is -2.45. The van der Waals surface area contributed by atoms with Crippen molar-refractivity contribution in [2.24, 2.45) is 5.41 Å². The summed E-state index contributed by atoms with van der Waals surface area (Å²) in [6.45, 7) is 12.2. The molecule has 3 heteroatoms. The predicted octanol–water partition coefficient (Wildman–Crippen LogP) is 2.60. The summed E-state index contributed by atoms with van der Waals surface area (Å²) in [6, 6.07) is 0.685. The highest BCUT2D eigenvalue weighted by Crippen LogP contribution is 2.23. The van der Waals surface area contributed by atoms with E-state index in [9.17, 15) is 0 Å². The average molecular weight is 243 g/mol. The molecule has 1 aliphatic carbocycles. The third kappa shape index (κ3) is 5.84. The van der Waals surface area contributed by atoms with Gasteiger partial charge in [-0.15, -0.1) is 0 Å². The summed E-state index contributed by atoms with van der Waals surface area (Å²) in [6.07, 6.45) is 3.94. The largest absolute Gasteiger partial charge is 0.379 e. The standard InChI is InChI=1S/C14H29NO2/c1-5-14(3,4)11-16-7-8-17-13-9-12(10-13)15-6-2/h12-13,15H,5-11H2,1-4H3/t12-,13-. The van der Waals surface area contributed by atoms with Gasteiger partial charge in [-0.2, -0.15) is 0 Å². The summed E-state index contributed by atoms with van der Waals surface area (Å²) >= 11 is 0. The van der Waals surface area contributed by atoms with Crippen molar-refractivity contribution < 1.29 is 9.47 Å². The lowest BCUT2D eigenvalue weighted by atomic mass is 9.89. The van der Waals surface area contributed by atoms with Crippen LogP contribution in [-0.2, 0) is 9.47 Å². The SMILES string of the molecule is CCN[C@H]1C[C@H](OCCOCC(C)(C)CC)C1. The fraction of sp³-hybridized carbons (Fsp3) is 1.00. The van der Waals surface area contributed by atoms with Gasteiger partial charge in [0.1, 0.15) is 0 Å². The molecule has 0 saturated heterocycles. The Morgan fingerprint density at radius 1 is 1.18 bits per heavy atom. The topological polar surface area (TPSA) is 30.5 Å². The second-order valence-electron chi connectivity index (χ2n) is 5.79. The maximum atomic E-state index is 5.74. The third-order valence-electron chi connectivity index (χ3n) is 3.62. The quantitative estimate of drug-likeness (QED) is 0.631. The summed E-state index contributed by atoms with van der Waals surface area (Å²) in [5, 5.41) is 3.43. The molecule has 0 unspecified atom stereocenters. The molecule has 3 nitrogen and oxygen atoms in total. The van der Waals surface area contributed by atoms with Gasteiger partial charge in [-0.25, -0.2) is 0 Å². The van der Waals surface area contributed by atoms with Crippen molar-refractivity contribution in [1.29, 1.82) is 0 Å². The van der Waals surface area contributed by atoms with Crippen molar-refractivity contribution in [3.8, 4) is 0 Å². The molecule has 0 atom stereocenters. The minimum absolute atomic E-state index is 0.298. The first-order valence-electron chi connectivity index (χ1n) is 7.00. The van der Waals surface area contributed by atoms with Crippen molar-refractivity contribution >= 4 is 0 Å². The van der Waals surface area contributed by atoms with E-state index in [0.717, 1.165) is 45.6 Å². The highest BCUT2D eigenvalue weighted by Gasteiger charge is 2.28. The van der Waals surface area contributed by atoms with Gasteiger partial charge in [0.2, 0.25) is 0 Å². The summed E-state index contributed by atoms with van der Waals surface area (Å²) in [4.78, 5) is 0. The van der Waals surface area contributed by atoms with E-state index in [1.807, 2.05) is 0 Å². The van der Waals surface area contributed by atoms with E-state index in [-0.39, 0.29) is 0 Å². The Balaban J connectivity index is 1.89. The second-order valence-corrected chi connectivity index (χ2v) is 5.79. The minimum atomic E-state index is 0.298. The van der Waals surface area contributed by atoms with E-state index >= 15 is 0 Å². The normalized spacial score (nSPS) is 24.7. The fourth-order valence-electron chi connectivity index (χ4n) is 1.88. The molecule has 0 aromatic rings. The predicted molar refractivity (Wildman–Crippen MR) is 71.3 cm³/mol. The summed E-state index contributed by atoms with van der Waals surface area (Å²) in [5.74, 6) is 0. The van der Waals surface area contributed by atoms with Gasteiger partial charge in [-0.05, 0) is 31.2 Å². The summed E-state index contributed by atoms with van der Waals surface area (Å²) in [7, 11) is 0. The molecule has 1 rings (SSSR count). The van der Waals surface area contributed by atoms with Crippen molar-refractivity contribution in [2.45, 2.75) is 59.1 Å². The number of ether oxygens (including phenoxy) is 2. The monoisotopic (exact) mass is 243 g/mol. The van der Waals surface area contributed by atoms with Crippen molar-refractivity contribution in [2.75, 3.05) is 26.4 Å². The number of nitrogens with one attached hydrogen (secondary N) is 1. The first kappa shape index (κ1) is 14.9. The molecule has 0 spiro atoms. The van der Waals surface area contributed by atoms with Gasteiger partial charge in [0.25, 0.3) is 0 Å². The van der Waals surface area contributed by atoms with E-state index in [2.05, 4.69) is 33.0 Å². The smallest absolute Gasteiger partial charge is 0.0704 e. The minimum Gasteiger partial charge on any atom is -0.379 e.